The Hall–Kier alpha value is -1.83. The van der Waals surface area contributed by atoms with Gasteiger partial charge >= 0.3 is 0 Å². The summed E-state index contributed by atoms with van der Waals surface area (Å²) in [6.45, 7) is 4.26. The van der Waals surface area contributed by atoms with Crippen LogP contribution in [0.5, 0.6) is 5.75 Å². The molecule has 1 atom stereocenters. The molecule has 2 aliphatic rings. The maximum absolute atomic E-state index is 12.4. The molecule has 0 saturated carbocycles. The molecule has 8 heteroatoms. The summed E-state index contributed by atoms with van der Waals surface area (Å²) in [6, 6.07) is 6.34. The van der Waals surface area contributed by atoms with Gasteiger partial charge in [-0.25, -0.2) is 0 Å². The Kier molecular flexibility index (Phi) is 7.04. The van der Waals surface area contributed by atoms with Crippen LogP contribution in [0.3, 0.4) is 0 Å². The number of hydrogen-bond donors (Lipinski definition) is 2. The zero-order valence-electron chi connectivity index (χ0n) is 14.0. The van der Waals surface area contributed by atoms with Crippen molar-refractivity contribution in [1.82, 2.24) is 15.1 Å². The number of ether oxygens (including phenoxy) is 1. The van der Waals surface area contributed by atoms with E-state index in [1.807, 2.05) is 0 Å². The SMILES string of the molecule is Cl.O=C(CC1CNCCO1)N1CCN(C(=O)c2cccc(O)c2)CC1. The summed E-state index contributed by atoms with van der Waals surface area (Å²) < 4.78 is 5.57. The van der Waals surface area contributed by atoms with Crippen LogP contribution in [0.1, 0.15) is 16.8 Å². The lowest BCUT2D eigenvalue weighted by atomic mass is 10.1. The Morgan fingerprint density at radius 3 is 2.56 bits per heavy atom. The highest BCUT2D eigenvalue weighted by atomic mass is 35.5. The first-order chi connectivity index (χ1) is 11.6. The van der Waals surface area contributed by atoms with Crippen molar-refractivity contribution < 1.29 is 19.4 Å². The van der Waals surface area contributed by atoms with Gasteiger partial charge in [0.1, 0.15) is 5.75 Å². The number of piperazine rings is 1. The van der Waals surface area contributed by atoms with Crippen molar-refractivity contribution in [3.8, 4) is 5.75 Å². The van der Waals surface area contributed by atoms with E-state index in [1.165, 1.54) is 12.1 Å². The zero-order valence-corrected chi connectivity index (χ0v) is 14.8. The number of nitrogens with zero attached hydrogens (tertiary/aromatic N) is 2. The largest absolute Gasteiger partial charge is 0.508 e. The molecule has 2 heterocycles. The van der Waals surface area contributed by atoms with E-state index < -0.39 is 0 Å². The van der Waals surface area contributed by atoms with Crippen LogP contribution in [0.2, 0.25) is 0 Å². The number of nitrogens with one attached hydrogen (secondary N) is 1. The minimum atomic E-state index is -0.113. The molecule has 1 aromatic carbocycles. The number of carbonyl (C=O) groups is 2. The van der Waals surface area contributed by atoms with E-state index in [0.717, 1.165) is 6.54 Å². The average Bonchev–Trinajstić information content (AvgIpc) is 2.62. The summed E-state index contributed by atoms with van der Waals surface area (Å²) >= 11 is 0. The number of rotatable bonds is 3. The Bertz CT molecular complexity index is 599. The summed E-state index contributed by atoms with van der Waals surface area (Å²) in [5.74, 6) is 0.0433. The second-order valence-electron chi connectivity index (χ2n) is 6.12. The van der Waals surface area contributed by atoms with E-state index in [2.05, 4.69) is 5.32 Å². The van der Waals surface area contributed by atoms with E-state index in [4.69, 9.17) is 4.74 Å². The Balaban J connectivity index is 0.00000225. The van der Waals surface area contributed by atoms with Crippen LogP contribution in [0.15, 0.2) is 24.3 Å². The van der Waals surface area contributed by atoms with Gasteiger partial charge in [0, 0.05) is 44.8 Å². The first kappa shape index (κ1) is 19.5. The van der Waals surface area contributed by atoms with Crippen LogP contribution in [0, 0.1) is 0 Å². The van der Waals surface area contributed by atoms with Crippen LogP contribution in [-0.4, -0.2) is 78.7 Å². The molecule has 0 radical (unpaired) electrons. The highest BCUT2D eigenvalue weighted by Crippen LogP contribution is 2.15. The van der Waals surface area contributed by atoms with Crippen molar-refractivity contribution in [3.05, 3.63) is 29.8 Å². The van der Waals surface area contributed by atoms with Gasteiger partial charge in [0.25, 0.3) is 5.91 Å². The fourth-order valence-electron chi connectivity index (χ4n) is 3.06. The smallest absolute Gasteiger partial charge is 0.254 e. The van der Waals surface area contributed by atoms with E-state index in [0.29, 0.717) is 51.3 Å². The fourth-order valence-corrected chi connectivity index (χ4v) is 3.06. The molecule has 25 heavy (non-hydrogen) atoms. The lowest BCUT2D eigenvalue weighted by Crippen LogP contribution is -2.51. The quantitative estimate of drug-likeness (QED) is 0.809. The zero-order chi connectivity index (χ0) is 16.9. The number of morpholine rings is 1. The molecule has 7 nitrogen and oxygen atoms in total. The Labute approximate surface area is 153 Å². The van der Waals surface area contributed by atoms with Crippen molar-refractivity contribution in [2.45, 2.75) is 12.5 Å². The lowest BCUT2D eigenvalue weighted by Gasteiger charge is -2.35. The number of halogens is 1. The van der Waals surface area contributed by atoms with Crippen molar-refractivity contribution in [2.24, 2.45) is 0 Å². The molecule has 1 aromatic rings. The van der Waals surface area contributed by atoms with Crippen molar-refractivity contribution in [1.29, 1.82) is 0 Å². The number of phenols is 1. The predicted octanol–water partition coefficient (Wildman–Crippen LogP) is 0.477. The molecule has 2 amide bonds. The molecule has 0 spiro atoms. The first-order valence-electron chi connectivity index (χ1n) is 8.32. The third-order valence-electron chi connectivity index (χ3n) is 4.42. The summed E-state index contributed by atoms with van der Waals surface area (Å²) in [6.07, 6.45) is 0.325. The van der Waals surface area contributed by atoms with Gasteiger partial charge in [-0.15, -0.1) is 12.4 Å². The average molecular weight is 370 g/mol. The predicted molar refractivity (Wildman–Crippen MR) is 95.1 cm³/mol. The van der Waals surface area contributed by atoms with E-state index in [9.17, 15) is 14.7 Å². The number of amides is 2. The van der Waals surface area contributed by atoms with Crippen LogP contribution in [0.25, 0.3) is 0 Å². The maximum atomic E-state index is 12.4. The second kappa shape index (κ2) is 9.03. The van der Waals surface area contributed by atoms with Crippen molar-refractivity contribution >= 4 is 24.2 Å². The molecular weight excluding hydrogens is 346 g/mol. The number of aromatic hydroxyl groups is 1. The topological polar surface area (TPSA) is 82.1 Å². The summed E-state index contributed by atoms with van der Waals surface area (Å²) in [5.41, 5.74) is 0.469. The second-order valence-corrected chi connectivity index (χ2v) is 6.12. The fraction of sp³-hybridized carbons (Fsp3) is 0.529. The van der Waals surface area contributed by atoms with Crippen LogP contribution < -0.4 is 5.32 Å². The molecule has 2 aliphatic heterocycles. The van der Waals surface area contributed by atoms with Crippen LogP contribution in [-0.2, 0) is 9.53 Å². The molecule has 0 aliphatic carbocycles. The third-order valence-corrected chi connectivity index (χ3v) is 4.42. The molecule has 1 unspecified atom stereocenters. The standard InChI is InChI=1S/C17H23N3O4.ClH/c21-14-3-1-2-13(10-14)17(23)20-7-5-19(6-8-20)16(22)11-15-12-18-4-9-24-15;/h1-3,10,15,18,21H,4-9,11-12H2;1H. The van der Waals surface area contributed by atoms with E-state index in [1.54, 1.807) is 21.9 Å². The van der Waals surface area contributed by atoms with Gasteiger partial charge < -0.3 is 25.0 Å². The van der Waals surface area contributed by atoms with Gasteiger partial charge in [-0.1, -0.05) is 6.07 Å². The number of phenolic OH excluding ortho intramolecular Hbond substituents is 1. The highest BCUT2D eigenvalue weighted by molar-refractivity contribution is 5.94. The molecule has 2 fully saturated rings. The van der Waals surface area contributed by atoms with Crippen LogP contribution in [0.4, 0.5) is 0 Å². The normalized spacial score (nSPS) is 20.7. The summed E-state index contributed by atoms with van der Waals surface area (Å²) in [5, 5.41) is 12.7. The minimum absolute atomic E-state index is 0. The van der Waals surface area contributed by atoms with Gasteiger partial charge in [-0.3, -0.25) is 9.59 Å². The van der Waals surface area contributed by atoms with Crippen molar-refractivity contribution in [3.63, 3.8) is 0 Å². The molecule has 0 bridgehead atoms. The molecular formula is C17H24ClN3O4. The monoisotopic (exact) mass is 369 g/mol. The van der Waals surface area contributed by atoms with Gasteiger partial charge in [0.05, 0.1) is 19.1 Å². The van der Waals surface area contributed by atoms with Crippen LogP contribution >= 0.6 is 12.4 Å². The molecule has 3 rings (SSSR count). The molecule has 138 valence electrons. The minimum Gasteiger partial charge on any atom is -0.508 e. The summed E-state index contributed by atoms with van der Waals surface area (Å²) in [4.78, 5) is 28.3. The van der Waals surface area contributed by atoms with E-state index in [-0.39, 0.29) is 36.1 Å². The Morgan fingerprint density at radius 1 is 1.20 bits per heavy atom. The van der Waals surface area contributed by atoms with Gasteiger partial charge in [-0.2, -0.15) is 0 Å². The molecule has 2 N–H and O–H groups in total. The van der Waals surface area contributed by atoms with Gasteiger partial charge in [0.2, 0.25) is 5.91 Å². The number of carbonyl (C=O) groups excluding carboxylic acids is 2. The van der Waals surface area contributed by atoms with Crippen molar-refractivity contribution in [2.75, 3.05) is 45.9 Å². The third kappa shape index (κ3) is 5.07. The highest BCUT2D eigenvalue weighted by Gasteiger charge is 2.27. The Morgan fingerprint density at radius 2 is 1.92 bits per heavy atom. The molecule has 2 saturated heterocycles. The van der Waals surface area contributed by atoms with E-state index >= 15 is 0 Å². The van der Waals surface area contributed by atoms with Gasteiger partial charge in [0.15, 0.2) is 0 Å². The number of benzene rings is 1. The molecule has 0 aromatic heterocycles. The maximum Gasteiger partial charge on any atom is 0.254 e. The van der Waals surface area contributed by atoms with Gasteiger partial charge in [-0.05, 0) is 18.2 Å². The first-order valence-corrected chi connectivity index (χ1v) is 8.32. The summed E-state index contributed by atoms with van der Waals surface area (Å²) in [7, 11) is 0. The lowest BCUT2D eigenvalue weighted by molar-refractivity contribution is -0.136. The number of hydrogen-bond acceptors (Lipinski definition) is 5.